The monoisotopic (exact) mass is 171 g/mol. The highest BCUT2D eigenvalue weighted by Crippen LogP contribution is 2.24. The van der Waals surface area contributed by atoms with Gasteiger partial charge < -0.3 is 5.11 Å². The van der Waals surface area contributed by atoms with E-state index in [0.29, 0.717) is 6.04 Å². The lowest BCUT2D eigenvalue weighted by Crippen LogP contribution is -2.52. The zero-order chi connectivity index (χ0) is 9.35. The highest BCUT2D eigenvalue weighted by Gasteiger charge is 2.30. The third-order valence-electron chi connectivity index (χ3n) is 2.73. The Morgan fingerprint density at radius 1 is 1.58 bits per heavy atom. The highest BCUT2D eigenvalue weighted by atomic mass is 16.3. The summed E-state index contributed by atoms with van der Waals surface area (Å²) in [5.74, 6) is 0. The van der Waals surface area contributed by atoms with E-state index in [9.17, 15) is 5.11 Å². The van der Waals surface area contributed by atoms with Crippen molar-refractivity contribution in [1.82, 2.24) is 4.90 Å². The van der Waals surface area contributed by atoms with Crippen molar-refractivity contribution in [3.63, 3.8) is 0 Å². The Morgan fingerprint density at radius 3 is 2.42 bits per heavy atom. The predicted octanol–water partition coefficient (Wildman–Crippen LogP) is 1.63. The smallest absolute Gasteiger partial charge is 0.0606 e. The molecule has 0 bridgehead atoms. The van der Waals surface area contributed by atoms with Crippen molar-refractivity contribution in [1.29, 1.82) is 0 Å². The first-order chi connectivity index (χ1) is 5.40. The van der Waals surface area contributed by atoms with E-state index in [4.69, 9.17) is 0 Å². The van der Waals surface area contributed by atoms with Gasteiger partial charge in [0.2, 0.25) is 0 Å². The fourth-order valence-corrected chi connectivity index (χ4v) is 2.03. The molecule has 1 N–H and O–H groups in total. The fourth-order valence-electron chi connectivity index (χ4n) is 2.03. The van der Waals surface area contributed by atoms with Crippen LogP contribution in [0.4, 0.5) is 0 Å². The summed E-state index contributed by atoms with van der Waals surface area (Å²) < 4.78 is 0. The molecule has 2 heteroatoms. The number of hydrogen-bond acceptors (Lipinski definition) is 2. The molecule has 1 aliphatic rings. The van der Waals surface area contributed by atoms with Crippen molar-refractivity contribution in [2.24, 2.45) is 0 Å². The van der Waals surface area contributed by atoms with Gasteiger partial charge in [-0.3, -0.25) is 4.90 Å². The van der Waals surface area contributed by atoms with Gasteiger partial charge in [0.15, 0.2) is 0 Å². The van der Waals surface area contributed by atoms with Crippen molar-refractivity contribution in [2.45, 2.75) is 58.2 Å². The number of likely N-dealkylation sites (tertiary alicyclic amines) is 1. The summed E-state index contributed by atoms with van der Waals surface area (Å²) in [6.07, 6.45) is 2.19. The molecule has 1 aliphatic heterocycles. The second-order valence-corrected chi connectivity index (χ2v) is 4.74. The van der Waals surface area contributed by atoms with Gasteiger partial charge in [-0.25, -0.2) is 0 Å². The summed E-state index contributed by atoms with van der Waals surface area (Å²) in [7, 11) is 0. The van der Waals surface area contributed by atoms with Crippen LogP contribution in [0.3, 0.4) is 0 Å². The van der Waals surface area contributed by atoms with Gasteiger partial charge in [-0.05, 0) is 40.5 Å². The summed E-state index contributed by atoms with van der Waals surface area (Å²) in [6.45, 7) is 9.43. The molecule has 2 unspecified atom stereocenters. The van der Waals surface area contributed by atoms with Gasteiger partial charge >= 0.3 is 0 Å². The van der Waals surface area contributed by atoms with E-state index in [1.807, 2.05) is 13.8 Å². The number of nitrogens with zero attached hydrogens (tertiary/aromatic N) is 1. The van der Waals surface area contributed by atoms with Crippen LogP contribution in [0.15, 0.2) is 0 Å². The van der Waals surface area contributed by atoms with Crippen LogP contribution in [0.5, 0.6) is 0 Å². The second kappa shape index (κ2) is 3.35. The Kier molecular flexibility index (Phi) is 2.79. The Morgan fingerprint density at radius 2 is 2.17 bits per heavy atom. The van der Waals surface area contributed by atoms with Gasteiger partial charge in [0.05, 0.1) is 5.60 Å². The largest absolute Gasteiger partial charge is 0.390 e. The van der Waals surface area contributed by atoms with E-state index < -0.39 is 5.60 Å². The van der Waals surface area contributed by atoms with Crippen LogP contribution in [0.2, 0.25) is 0 Å². The van der Waals surface area contributed by atoms with E-state index in [0.717, 1.165) is 12.5 Å². The van der Waals surface area contributed by atoms with Crippen LogP contribution >= 0.6 is 0 Å². The minimum atomic E-state index is -0.519. The molecule has 2 atom stereocenters. The maximum absolute atomic E-state index is 9.62. The molecule has 0 aliphatic carbocycles. The molecule has 1 rings (SSSR count). The molecule has 0 aromatic rings. The summed E-state index contributed by atoms with van der Waals surface area (Å²) in [4.78, 5) is 2.46. The van der Waals surface area contributed by atoms with E-state index in [-0.39, 0.29) is 0 Å². The van der Waals surface area contributed by atoms with Crippen LogP contribution in [-0.4, -0.2) is 34.2 Å². The lowest BCUT2D eigenvalue weighted by Gasteiger charge is -2.44. The number of rotatable bonds is 3. The van der Waals surface area contributed by atoms with Gasteiger partial charge in [0.25, 0.3) is 0 Å². The van der Waals surface area contributed by atoms with Gasteiger partial charge in [-0.15, -0.1) is 0 Å². The zero-order valence-corrected chi connectivity index (χ0v) is 8.67. The lowest BCUT2D eigenvalue weighted by atomic mass is 9.94. The summed E-state index contributed by atoms with van der Waals surface area (Å²) in [5.41, 5.74) is -0.519. The molecule has 0 amide bonds. The molecule has 2 nitrogen and oxygen atoms in total. The normalized spacial score (nSPS) is 28.2. The third kappa shape index (κ3) is 2.46. The molecule has 0 aromatic heterocycles. The molecule has 0 saturated carbocycles. The molecule has 0 radical (unpaired) electrons. The van der Waals surface area contributed by atoms with E-state index >= 15 is 0 Å². The van der Waals surface area contributed by atoms with Gasteiger partial charge in [0.1, 0.15) is 0 Å². The van der Waals surface area contributed by atoms with Crippen LogP contribution in [0, 0.1) is 0 Å². The third-order valence-corrected chi connectivity index (χ3v) is 2.73. The molecule has 1 heterocycles. The topological polar surface area (TPSA) is 23.5 Å². The first kappa shape index (κ1) is 10.0. The van der Waals surface area contributed by atoms with Crippen molar-refractivity contribution in [2.75, 3.05) is 6.54 Å². The highest BCUT2D eigenvalue weighted by molar-refractivity contribution is 4.85. The molecule has 0 spiro atoms. The molecule has 1 saturated heterocycles. The van der Waals surface area contributed by atoms with Crippen molar-refractivity contribution in [3.8, 4) is 0 Å². The molecule has 12 heavy (non-hydrogen) atoms. The van der Waals surface area contributed by atoms with Gasteiger partial charge in [-0.2, -0.15) is 0 Å². The second-order valence-electron chi connectivity index (χ2n) is 4.74. The Labute approximate surface area is 75.6 Å². The molecule has 0 aromatic carbocycles. The van der Waals surface area contributed by atoms with E-state index in [2.05, 4.69) is 18.7 Å². The van der Waals surface area contributed by atoms with Gasteiger partial charge in [0, 0.05) is 18.6 Å². The summed E-state index contributed by atoms with van der Waals surface area (Å²) in [5, 5.41) is 9.62. The first-order valence-corrected chi connectivity index (χ1v) is 4.88. The number of aliphatic hydroxyl groups is 1. The van der Waals surface area contributed by atoms with Crippen molar-refractivity contribution >= 4 is 0 Å². The Bertz CT molecular complexity index is 150. The zero-order valence-electron chi connectivity index (χ0n) is 8.67. The molecule has 1 fully saturated rings. The summed E-state index contributed by atoms with van der Waals surface area (Å²) in [6, 6.07) is 1.25. The predicted molar refractivity (Wildman–Crippen MR) is 51.2 cm³/mol. The van der Waals surface area contributed by atoms with Crippen LogP contribution in [0.1, 0.15) is 40.5 Å². The van der Waals surface area contributed by atoms with E-state index in [1.165, 1.54) is 13.0 Å². The lowest BCUT2D eigenvalue weighted by molar-refractivity contribution is -0.00220. The van der Waals surface area contributed by atoms with Gasteiger partial charge in [-0.1, -0.05) is 0 Å². The molecule has 72 valence electrons. The minimum Gasteiger partial charge on any atom is -0.390 e. The molecular weight excluding hydrogens is 150 g/mol. The standard InChI is InChI=1S/C10H21NO/c1-8-5-6-11(8)9(2)7-10(3,4)12/h8-9,12H,5-7H2,1-4H3. The average molecular weight is 171 g/mol. The van der Waals surface area contributed by atoms with Crippen molar-refractivity contribution in [3.05, 3.63) is 0 Å². The quantitative estimate of drug-likeness (QED) is 0.697. The first-order valence-electron chi connectivity index (χ1n) is 4.88. The Balaban J connectivity index is 2.33. The fraction of sp³-hybridized carbons (Fsp3) is 1.00. The SMILES string of the molecule is CC1CCN1C(C)CC(C)(C)O. The molecular formula is C10H21NO. The van der Waals surface area contributed by atoms with Crippen molar-refractivity contribution < 1.29 is 5.11 Å². The maximum atomic E-state index is 9.62. The van der Waals surface area contributed by atoms with E-state index in [1.54, 1.807) is 0 Å². The average Bonchev–Trinajstić information content (AvgIpc) is 1.79. The minimum absolute atomic E-state index is 0.519. The van der Waals surface area contributed by atoms with Crippen LogP contribution in [-0.2, 0) is 0 Å². The van der Waals surface area contributed by atoms with Crippen LogP contribution < -0.4 is 0 Å². The number of hydrogen-bond donors (Lipinski definition) is 1. The Hall–Kier alpha value is -0.0800. The van der Waals surface area contributed by atoms with Crippen LogP contribution in [0.25, 0.3) is 0 Å². The summed E-state index contributed by atoms with van der Waals surface area (Å²) >= 11 is 0. The maximum Gasteiger partial charge on any atom is 0.0606 e.